The number of amides is 1. The number of hydrogen-bond acceptors (Lipinski definition) is 7. The Hall–Kier alpha value is -3.24. The number of morpholine rings is 1. The fourth-order valence-corrected chi connectivity index (χ4v) is 4.65. The van der Waals surface area contributed by atoms with Crippen LogP contribution in [0.15, 0.2) is 42.5 Å². The van der Waals surface area contributed by atoms with Crippen molar-refractivity contribution in [2.45, 2.75) is 32.2 Å². The highest BCUT2D eigenvalue weighted by molar-refractivity contribution is 7.80. The van der Waals surface area contributed by atoms with Gasteiger partial charge < -0.3 is 19.9 Å². The van der Waals surface area contributed by atoms with Gasteiger partial charge in [-0.2, -0.15) is 0 Å². The molecule has 0 radical (unpaired) electrons. The lowest BCUT2D eigenvalue weighted by Crippen LogP contribution is -2.37. The van der Waals surface area contributed by atoms with Gasteiger partial charge in [-0.15, -0.1) is 0 Å². The van der Waals surface area contributed by atoms with Gasteiger partial charge >= 0.3 is 0 Å². The van der Waals surface area contributed by atoms with Gasteiger partial charge in [0, 0.05) is 48.7 Å². The normalized spacial score (nSPS) is 18.3. The number of ether oxygens (including phenoxy) is 1. The average molecular weight is 484 g/mol. The van der Waals surface area contributed by atoms with Gasteiger partial charge in [0.1, 0.15) is 5.69 Å². The lowest BCUT2D eigenvalue weighted by molar-refractivity contribution is -0.384. The van der Waals surface area contributed by atoms with Crippen molar-refractivity contribution in [1.82, 2.24) is 5.32 Å². The van der Waals surface area contributed by atoms with E-state index in [0.717, 1.165) is 12.2 Å². The molecule has 2 aromatic rings. The summed E-state index contributed by atoms with van der Waals surface area (Å²) in [5.41, 5.74) is 2.46. The van der Waals surface area contributed by atoms with E-state index in [4.69, 9.17) is 17.0 Å². The highest BCUT2D eigenvalue weighted by atomic mass is 32.1. The minimum atomic E-state index is -0.507. The molecule has 0 saturated carbocycles. The number of thiocarbonyl (C=S) groups is 1. The third-order valence-electron chi connectivity index (χ3n) is 6.27. The van der Waals surface area contributed by atoms with Gasteiger partial charge in [-0.05, 0) is 74.8 Å². The molecule has 0 bridgehead atoms. The van der Waals surface area contributed by atoms with E-state index in [1.807, 2.05) is 29.2 Å². The zero-order chi connectivity index (χ0) is 24.1. The monoisotopic (exact) mass is 483 g/mol. The van der Waals surface area contributed by atoms with Crippen LogP contribution < -0.4 is 20.4 Å². The quantitative estimate of drug-likeness (QED) is 0.375. The number of nitro benzene ring substituents is 1. The number of piperidine rings is 1. The minimum absolute atomic E-state index is 0.115. The smallest absolute Gasteiger partial charge is 0.293 e. The van der Waals surface area contributed by atoms with Gasteiger partial charge in [-0.1, -0.05) is 0 Å². The molecule has 0 spiro atoms. The molecule has 2 N–H and O–H groups in total. The highest BCUT2D eigenvalue weighted by Crippen LogP contribution is 2.30. The summed E-state index contributed by atoms with van der Waals surface area (Å²) in [4.78, 5) is 28.2. The lowest BCUT2D eigenvalue weighted by atomic mass is 10.0. The van der Waals surface area contributed by atoms with Crippen molar-refractivity contribution in [2.75, 3.05) is 48.0 Å². The molecular weight excluding hydrogens is 454 g/mol. The van der Waals surface area contributed by atoms with Crippen molar-refractivity contribution < 1.29 is 14.5 Å². The zero-order valence-corrected chi connectivity index (χ0v) is 20.0. The van der Waals surface area contributed by atoms with Crippen LogP contribution in [0.25, 0.3) is 0 Å². The molecular formula is C24H29N5O4S. The topological polar surface area (TPSA) is 100.0 Å². The number of nitro groups is 1. The third kappa shape index (κ3) is 5.63. The molecule has 10 heteroatoms. The first kappa shape index (κ1) is 23.9. The SMILES string of the molecule is C[C@@H]1CCCCN1c1ccc(NC(=S)NC(=O)c2ccc(N3CCOCC3)c([N+](=O)[O-])c2)cc1. The molecule has 2 aliphatic heterocycles. The van der Waals surface area contributed by atoms with Crippen LogP contribution in [0, 0.1) is 10.1 Å². The summed E-state index contributed by atoms with van der Waals surface area (Å²) >= 11 is 5.29. The molecule has 9 nitrogen and oxygen atoms in total. The van der Waals surface area contributed by atoms with Crippen LogP contribution in [0.3, 0.4) is 0 Å². The Kier molecular flexibility index (Phi) is 7.59. The van der Waals surface area contributed by atoms with Gasteiger partial charge in [0.15, 0.2) is 5.11 Å². The van der Waals surface area contributed by atoms with Crippen LogP contribution in [-0.4, -0.2) is 54.8 Å². The fraction of sp³-hybridized carbons (Fsp3) is 0.417. The summed E-state index contributed by atoms with van der Waals surface area (Å²) in [5, 5.41) is 17.4. The summed E-state index contributed by atoms with van der Waals surface area (Å²) in [7, 11) is 0. The van der Waals surface area contributed by atoms with Crippen molar-refractivity contribution in [3.63, 3.8) is 0 Å². The van der Waals surface area contributed by atoms with E-state index in [1.165, 1.54) is 31.0 Å². The summed E-state index contributed by atoms with van der Waals surface area (Å²) in [6.45, 7) is 5.45. The van der Waals surface area contributed by atoms with E-state index in [1.54, 1.807) is 12.1 Å². The average Bonchev–Trinajstić information content (AvgIpc) is 2.85. The molecule has 2 heterocycles. The number of rotatable bonds is 5. The molecule has 0 aliphatic carbocycles. The summed E-state index contributed by atoms with van der Waals surface area (Å²) < 4.78 is 5.32. The first-order valence-electron chi connectivity index (χ1n) is 11.5. The molecule has 0 aromatic heterocycles. The second-order valence-electron chi connectivity index (χ2n) is 8.55. The Morgan fingerprint density at radius 3 is 2.53 bits per heavy atom. The van der Waals surface area contributed by atoms with Gasteiger partial charge in [0.05, 0.1) is 18.1 Å². The van der Waals surface area contributed by atoms with E-state index in [2.05, 4.69) is 22.5 Å². The van der Waals surface area contributed by atoms with Crippen molar-refractivity contribution in [2.24, 2.45) is 0 Å². The molecule has 2 aromatic carbocycles. The molecule has 2 fully saturated rings. The lowest BCUT2D eigenvalue weighted by Gasteiger charge is -2.35. The maximum atomic E-state index is 12.7. The number of anilines is 3. The van der Waals surface area contributed by atoms with Crippen molar-refractivity contribution in [3.8, 4) is 0 Å². The zero-order valence-electron chi connectivity index (χ0n) is 19.2. The van der Waals surface area contributed by atoms with Gasteiger partial charge in [0.2, 0.25) is 0 Å². The number of nitrogens with one attached hydrogen (secondary N) is 2. The molecule has 2 saturated heterocycles. The first-order chi connectivity index (χ1) is 16.4. The second-order valence-corrected chi connectivity index (χ2v) is 8.96. The Bertz CT molecular complexity index is 1060. The Balaban J connectivity index is 1.39. The maximum Gasteiger partial charge on any atom is 0.293 e. The third-order valence-corrected chi connectivity index (χ3v) is 6.48. The number of hydrogen-bond donors (Lipinski definition) is 2. The van der Waals surface area contributed by atoms with Crippen molar-refractivity contribution in [1.29, 1.82) is 0 Å². The van der Waals surface area contributed by atoms with E-state index in [9.17, 15) is 14.9 Å². The summed E-state index contributed by atoms with van der Waals surface area (Å²) in [6.07, 6.45) is 3.66. The largest absolute Gasteiger partial charge is 0.378 e. The van der Waals surface area contributed by atoms with E-state index in [-0.39, 0.29) is 16.4 Å². The van der Waals surface area contributed by atoms with E-state index < -0.39 is 10.8 Å². The fourth-order valence-electron chi connectivity index (χ4n) is 4.44. The van der Waals surface area contributed by atoms with Crippen LogP contribution in [0.5, 0.6) is 0 Å². The van der Waals surface area contributed by atoms with Crippen molar-refractivity contribution in [3.05, 3.63) is 58.1 Å². The molecule has 180 valence electrons. The van der Waals surface area contributed by atoms with Gasteiger partial charge in [0.25, 0.3) is 11.6 Å². The molecule has 34 heavy (non-hydrogen) atoms. The second kappa shape index (κ2) is 10.8. The molecule has 1 atom stereocenters. The predicted octanol–water partition coefficient (Wildman–Crippen LogP) is 3.94. The maximum absolute atomic E-state index is 12.7. The predicted molar refractivity (Wildman–Crippen MR) is 137 cm³/mol. The Morgan fingerprint density at radius 1 is 1.12 bits per heavy atom. The number of carbonyl (C=O) groups is 1. The van der Waals surface area contributed by atoms with E-state index >= 15 is 0 Å². The molecule has 4 rings (SSSR count). The summed E-state index contributed by atoms with van der Waals surface area (Å²) in [6, 6.07) is 12.9. The number of benzene rings is 2. The van der Waals surface area contributed by atoms with Crippen molar-refractivity contribution >= 4 is 46.0 Å². The Labute approximate surface area is 204 Å². The van der Waals surface area contributed by atoms with Crippen LogP contribution in [0.2, 0.25) is 0 Å². The van der Waals surface area contributed by atoms with Crippen LogP contribution in [0.1, 0.15) is 36.5 Å². The molecule has 1 amide bonds. The first-order valence-corrected chi connectivity index (χ1v) is 11.9. The molecule has 0 unspecified atom stereocenters. The number of nitrogens with zero attached hydrogens (tertiary/aromatic N) is 3. The van der Waals surface area contributed by atoms with E-state index in [0.29, 0.717) is 38.0 Å². The van der Waals surface area contributed by atoms with Gasteiger partial charge in [-0.3, -0.25) is 20.2 Å². The van der Waals surface area contributed by atoms with Crippen LogP contribution in [-0.2, 0) is 4.74 Å². The Morgan fingerprint density at radius 2 is 1.85 bits per heavy atom. The minimum Gasteiger partial charge on any atom is -0.378 e. The summed E-state index contributed by atoms with van der Waals surface area (Å²) in [5.74, 6) is -0.507. The standard InChI is InChI=1S/C24H29N5O4S/c1-17-4-2-3-11-28(17)20-8-6-19(7-9-20)25-24(34)26-23(30)18-5-10-21(22(16-18)29(31)32)27-12-14-33-15-13-27/h5-10,16-17H,2-4,11-15H2,1H3,(H2,25,26,30,34)/t17-/m1/s1. The van der Waals surface area contributed by atoms with Crippen LogP contribution in [0.4, 0.5) is 22.7 Å². The van der Waals surface area contributed by atoms with Gasteiger partial charge in [-0.25, -0.2) is 0 Å². The van der Waals surface area contributed by atoms with Crippen LogP contribution >= 0.6 is 12.2 Å². The molecule has 2 aliphatic rings. The number of carbonyl (C=O) groups excluding carboxylic acids is 1. The highest BCUT2D eigenvalue weighted by Gasteiger charge is 2.24.